The van der Waals surface area contributed by atoms with E-state index in [1.165, 1.54) is 6.26 Å². The number of hydrogen-bond donors (Lipinski definition) is 0. The van der Waals surface area contributed by atoms with Crippen molar-refractivity contribution in [3.05, 3.63) is 105 Å². The van der Waals surface area contributed by atoms with Crippen LogP contribution in [0.4, 0.5) is 0 Å². The van der Waals surface area contributed by atoms with Gasteiger partial charge in [0.15, 0.2) is 0 Å². The summed E-state index contributed by atoms with van der Waals surface area (Å²) in [6.45, 7) is -0.0229. The number of carbonyl (C=O) groups is 2. The summed E-state index contributed by atoms with van der Waals surface area (Å²) in [5.74, 6) is -2.68. The maximum Gasteiger partial charge on any atom is 0.284 e. The minimum absolute atomic E-state index is 0.0229. The van der Waals surface area contributed by atoms with E-state index in [9.17, 15) is 19.7 Å². The first-order chi connectivity index (χ1) is 14.6. The molecular weight excluding hydrogens is 384 g/mol. The lowest BCUT2D eigenvalue weighted by Gasteiger charge is -2.48. The number of likely N-dealkylation sites (tertiary alicyclic amines) is 1. The monoisotopic (exact) mass is 400 g/mol. The van der Waals surface area contributed by atoms with Crippen molar-refractivity contribution in [1.29, 1.82) is 0 Å². The van der Waals surface area contributed by atoms with E-state index >= 15 is 0 Å². The zero-order valence-electron chi connectivity index (χ0n) is 15.7. The van der Waals surface area contributed by atoms with Crippen molar-refractivity contribution in [2.75, 3.05) is 0 Å². The van der Waals surface area contributed by atoms with Gasteiger partial charge >= 0.3 is 0 Å². The lowest BCUT2D eigenvalue weighted by molar-refractivity contribution is -0.578. The second kappa shape index (κ2) is 5.66. The zero-order chi connectivity index (χ0) is 20.6. The Kier molecular flexibility index (Phi) is 3.23. The number of nitrogens with zero attached hydrogens (tertiary/aromatic N) is 2. The third-order valence-corrected chi connectivity index (χ3v) is 6.85. The van der Waals surface area contributed by atoms with E-state index in [0.29, 0.717) is 16.9 Å². The molecule has 148 valence electrons. The molecule has 30 heavy (non-hydrogen) atoms. The first-order valence-electron chi connectivity index (χ1n) is 9.77. The van der Waals surface area contributed by atoms with Crippen molar-refractivity contribution in [2.24, 2.45) is 11.8 Å². The second-order valence-corrected chi connectivity index (χ2v) is 8.02. The van der Waals surface area contributed by atoms with E-state index < -0.39 is 23.3 Å². The molecule has 7 rings (SSSR count). The van der Waals surface area contributed by atoms with Crippen molar-refractivity contribution in [2.45, 2.75) is 18.0 Å². The Balaban J connectivity index is 1.63. The van der Waals surface area contributed by atoms with Crippen LogP contribution in [0.5, 0.6) is 0 Å². The maximum absolute atomic E-state index is 13.6. The average molecular weight is 400 g/mol. The molecule has 1 saturated heterocycles. The highest BCUT2D eigenvalue weighted by atomic mass is 16.6. The Morgan fingerprint density at radius 3 is 2.13 bits per heavy atom. The largest absolute Gasteiger partial charge is 0.467 e. The molecule has 7 nitrogen and oxygen atoms in total. The summed E-state index contributed by atoms with van der Waals surface area (Å²) < 4.78 is 5.33. The molecule has 1 fully saturated rings. The van der Waals surface area contributed by atoms with Crippen LogP contribution in [0.25, 0.3) is 0 Å². The van der Waals surface area contributed by atoms with E-state index in [1.54, 1.807) is 36.4 Å². The number of nitro groups is 1. The molecule has 2 bridgehead atoms. The van der Waals surface area contributed by atoms with Gasteiger partial charge < -0.3 is 4.42 Å². The van der Waals surface area contributed by atoms with Gasteiger partial charge in [0.1, 0.15) is 11.7 Å². The molecule has 1 aromatic heterocycles. The predicted molar refractivity (Wildman–Crippen MR) is 104 cm³/mol. The summed E-state index contributed by atoms with van der Waals surface area (Å²) in [6, 6.07) is 17.7. The van der Waals surface area contributed by atoms with Crippen LogP contribution in [0.3, 0.4) is 0 Å². The van der Waals surface area contributed by atoms with E-state index in [2.05, 4.69) is 0 Å². The maximum atomic E-state index is 13.6. The van der Waals surface area contributed by atoms with Crippen LogP contribution in [0, 0.1) is 22.0 Å². The molecule has 0 N–H and O–H groups in total. The van der Waals surface area contributed by atoms with Crippen molar-refractivity contribution >= 4 is 11.8 Å². The molecule has 3 aromatic rings. The normalized spacial score (nSPS) is 28.3. The van der Waals surface area contributed by atoms with Gasteiger partial charge in [-0.3, -0.25) is 24.6 Å². The standard InChI is InChI=1S/C23H16N2O5/c26-21-19-18-14-7-1-3-9-16(14)23(25(28)29,17-10-4-2-8-15(17)18)20(19)22(27)24(21)12-13-6-5-11-30-13/h1-11,18-20H,12H2/t18?,19-,20-,23?/m1/s1. The Morgan fingerprint density at radius 2 is 1.57 bits per heavy atom. The van der Waals surface area contributed by atoms with Crippen LogP contribution in [0.1, 0.15) is 33.9 Å². The van der Waals surface area contributed by atoms with Gasteiger partial charge in [-0.2, -0.15) is 0 Å². The van der Waals surface area contributed by atoms with Crippen molar-refractivity contribution in [3.63, 3.8) is 0 Å². The Labute approximate surface area is 171 Å². The molecule has 2 heterocycles. The van der Waals surface area contributed by atoms with Gasteiger partial charge in [0, 0.05) is 22.0 Å². The topological polar surface area (TPSA) is 93.7 Å². The van der Waals surface area contributed by atoms with E-state index in [4.69, 9.17) is 4.42 Å². The molecule has 2 atom stereocenters. The Bertz CT molecular complexity index is 1180. The first-order valence-corrected chi connectivity index (χ1v) is 9.77. The van der Waals surface area contributed by atoms with Crippen molar-refractivity contribution in [3.8, 4) is 0 Å². The summed E-state index contributed by atoms with van der Waals surface area (Å²) in [6.07, 6.45) is 1.47. The van der Waals surface area contributed by atoms with Gasteiger partial charge in [-0.15, -0.1) is 0 Å². The molecule has 0 unspecified atom stereocenters. The summed E-state index contributed by atoms with van der Waals surface area (Å²) in [4.78, 5) is 40.6. The number of imide groups is 1. The number of hydrogen-bond acceptors (Lipinski definition) is 5. The molecule has 7 heteroatoms. The minimum Gasteiger partial charge on any atom is -0.467 e. The van der Waals surface area contributed by atoms with E-state index in [1.807, 2.05) is 24.3 Å². The van der Waals surface area contributed by atoms with Crippen LogP contribution in [-0.2, 0) is 21.7 Å². The highest BCUT2D eigenvalue weighted by Crippen LogP contribution is 2.64. The number of amides is 2. The Hall–Kier alpha value is -3.74. The summed E-state index contributed by atoms with van der Waals surface area (Å²) in [5, 5.41) is 12.8. The van der Waals surface area contributed by atoms with E-state index in [-0.39, 0.29) is 23.3 Å². The molecule has 2 aromatic carbocycles. The van der Waals surface area contributed by atoms with Crippen LogP contribution in [-0.4, -0.2) is 21.6 Å². The smallest absolute Gasteiger partial charge is 0.284 e. The summed E-state index contributed by atoms with van der Waals surface area (Å²) in [7, 11) is 0. The average Bonchev–Trinajstić information content (AvgIpc) is 3.37. The van der Waals surface area contributed by atoms with Gasteiger partial charge in [-0.05, 0) is 23.3 Å². The second-order valence-electron chi connectivity index (χ2n) is 8.02. The fourth-order valence-corrected chi connectivity index (χ4v) is 5.82. The quantitative estimate of drug-likeness (QED) is 0.383. The SMILES string of the molecule is O=C1[C@@H]2C3c4ccccc4C([N+](=O)[O-])(c4ccccc43)[C@H]2C(=O)N1Cc1ccco1. The minimum atomic E-state index is -1.78. The van der Waals surface area contributed by atoms with Crippen molar-refractivity contribution in [1.82, 2.24) is 4.90 Å². The van der Waals surface area contributed by atoms with E-state index in [0.717, 1.165) is 16.0 Å². The highest BCUT2D eigenvalue weighted by Gasteiger charge is 2.74. The predicted octanol–water partition coefficient (Wildman–Crippen LogP) is 3.06. The summed E-state index contributed by atoms with van der Waals surface area (Å²) in [5.41, 5.74) is 0.768. The lowest BCUT2D eigenvalue weighted by Crippen LogP contribution is -2.57. The van der Waals surface area contributed by atoms with Gasteiger partial charge in [-0.1, -0.05) is 48.5 Å². The fourth-order valence-electron chi connectivity index (χ4n) is 5.82. The Morgan fingerprint density at radius 1 is 0.933 bits per heavy atom. The number of furan rings is 1. The highest BCUT2D eigenvalue weighted by molar-refractivity contribution is 6.08. The molecule has 3 aliphatic carbocycles. The third-order valence-electron chi connectivity index (χ3n) is 6.85. The molecular formula is C23H16N2O5. The van der Waals surface area contributed by atoms with Crippen molar-refractivity contribution < 1.29 is 18.9 Å². The van der Waals surface area contributed by atoms with Crippen LogP contribution in [0.2, 0.25) is 0 Å². The van der Waals surface area contributed by atoms with Crippen LogP contribution < -0.4 is 0 Å². The molecule has 1 aliphatic heterocycles. The van der Waals surface area contributed by atoms with Gasteiger partial charge in [0.25, 0.3) is 5.54 Å². The molecule has 0 spiro atoms. The van der Waals surface area contributed by atoms with Crippen LogP contribution >= 0.6 is 0 Å². The van der Waals surface area contributed by atoms with Crippen LogP contribution in [0.15, 0.2) is 71.3 Å². The zero-order valence-corrected chi connectivity index (χ0v) is 15.7. The number of rotatable bonds is 3. The summed E-state index contributed by atoms with van der Waals surface area (Å²) >= 11 is 0. The molecule has 2 amide bonds. The molecule has 0 saturated carbocycles. The van der Waals surface area contributed by atoms with Gasteiger partial charge in [0.2, 0.25) is 11.8 Å². The van der Waals surface area contributed by atoms with Gasteiger partial charge in [-0.25, -0.2) is 0 Å². The molecule has 4 aliphatic rings. The molecule has 0 radical (unpaired) electrons. The number of benzene rings is 2. The third kappa shape index (κ3) is 1.81. The first kappa shape index (κ1) is 17.1. The number of carbonyl (C=O) groups excluding carboxylic acids is 2. The fraction of sp³-hybridized carbons (Fsp3) is 0.217. The van der Waals surface area contributed by atoms with Gasteiger partial charge in [0.05, 0.1) is 18.7 Å². The lowest BCUT2D eigenvalue weighted by atomic mass is 9.51.